The van der Waals surface area contributed by atoms with Gasteiger partial charge in [-0.15, -0.1) is 0 Å². The first-order chi connectivity index (χ1) is 14.0. The van der Waals surface area contributed by atoms with Gasteiger partial charge in [-0.25, -0.2) is 9.97 Å². The average molecular weight is 388 g/mol. The van der Waals surface area contributed by atoms with Crippen LogP contribution in [0.5, 0.6) is 0 Å². The largest absolute Gasteiger partial charge is 0.363 e. The fourth-order valence-electron chi connectivity index (χ4n) is 2.77. The van der Waals surface area contributed by atoms with E-state index in [0.717, 1.165) is 5.56 Å². The Morgan fingerprint density at radius 2 is 1.93 bits per heavy atom. The summed E-state index contributed by atoms with van der Waals surface area (Å²) in [7, 11) is 0. The number of nitrogens with two attached hydrogens (primary N) is 1. The van der Waals surface area contributed by atoms with Gasteiger partial charge in [0.1, 0.15) is 24.1 Å². The molecule has 0 saturated carbocycles. The van der Waals surface area contributed by atoms with E-state index in [1.54, 1.807) is 36.4 Å². The van der Waals surface area contributed by atoms with Gasteiger partial charge in [0, 0.05) is 12.6 Å². The number of nitrogens with one attached hydrogen (secondary N) is 1. The van der Waals surface area contributed by atoms with Crippen LogP contribution < -0.4 is 11.1 Å². The molecule has 0 radical (unpaired) electrons. The summed E-state index contributed by atoms with van der Waals surface area (Å²) in [5.41, 5.74) is 6.18. The number of nitriles is 1. The Morgan fingerprint density at radius 1 is 1.17 bits per heavy atom. The molecule has 9 heteroatoms. The van der Waals surface area contributed by atoms with Gasteiger partial charge in [0.25, 0.3) is 11.8 Å². The van der Waals surface area contributed by atoms with Gasteiger partial charge in [-0.1, -0.05) is 30.3 Å². The van der Waals surface area contributed by atoms with Gasteiger partial charge in [0.15, 0.2) is 5.82 Å². The Balaban J connectivity index is 1.89. The van der Waals surface area contributed by atoms with Crippen molar-refractivity contribution < 1.29 is 14.4 Å². The highest BCUT2D eigenvalue weighted by Gasteiger charge is 2.27. The van der Waals surface area contributed by atoms with Crippen LogP contribution in [-0.4, -0.2) is 38.2 Å². The van der Waals surface area contributed by atoms with E-state index in [0.29, 0.717) is 0 Å². The van der Waals surface area contributed by atoms with E-state index in [1.165, 1.54) is 23.3 Å². The first-order valence-corrected chi connectivity index (χ1v) is 8.57. The second-order valence-electron chi connectivity index (χ2n) is 6.08. The van der Waals surface area contributed by atoms with Gasteiger partial charge in [-0.05, 0) is 17.7 Å². The molecule has 3 aromatic rings. The van der Waals surface area contributed by atoms with Crippen LogP contribution >= 0.6 is 0 Å². The first kappa shape index (κ1) is 19.4. The maximum atomic E-state index is 12.8. The van der Waals surface area contributed by atoms with Crippen molar-refractivity contribution in [1.82, 2.24) is 19.9 Å². The number of carbonyl (C=O) groups excluding carboxylic acids is 3. The number of benzene rings is 1. The summed E-state index contributed by atoms with van der Waals surface area (Å²) >= 11 is 0. The lowest BCUT2D eigenvalue weighted by molar-refractivity contribution is -0.137. The summed E-state index contributed by atoms with van der Waals surface area (Å²) < 4.78 is 1.34. The molecule has 1 aromatic carbocycles. The molecular weight excluding hydrogens is 372 g/mol. The summed E-state index contributed by atoms with van der Waals surface area (Å²) in [5.74, 6) is -2.49. The normalized spacial score (nSPS) is 11.3. The molecule has 3 N–H and O–H groups in total. The van der Waals surface area contributed by atoms with Crippen molar-refractivity contribution in [1.29, 1.82) is 5.26 Å². The molecule has 1 unspecified atom stereocenters. The summed E-state index contributed by atoms with van der Waals surface area (Å²) in [5, 5.41) is 11.8. The third kappa shape index (κ3) is 4.33. The smallest absolute Gasteiger partial charge is 0.287 e. The Morgan fingerprint density at radius 3 is 2.62 bits per heavy atom. The van der Waals surface area contributed by atoms with Crippen molar-refractivity contribution >= 4 is 17.6 Å². The Bertz CT molecular complexity index is 1100. The van der Waals surface area contributed by atoms with E-state index in [1.807, 2.05) is 12.1 Å². The molecule has 3 rings (SSSR count). The number of pyridine rings is 1. The highest BCUT2D eigenvalue weighted by molar-refractivity contribution is 6.38. The number of primary amides is 1. The molecule has 0 fully saturated rings. The topological polar surface area (TPSA) is 144 Å². The molecule has 0 aliphatic carbocycles. The van der Waals surface area contributed by atoms with Crippen LogP contribution in [0.4, 0.5) is 0 Å². The summed E-state index contributed by atoms with van der Waals surface area (Å²) in [4.78, 5) is 44.6. The van der Waals surface area contributed by atoms with Gasteiger partial charge in [-0.3, -0.25) is 19.0 Å². The molecule has 29 heavy (non-hydrogen) atoms. The first-order valence-electron chi connectivity index (χ1n) is 8.57. The van der Waals surface area contributed by atoms with E-state index in [4.69, 9.17) is 5.73 Å². The third-order valence-corrected chi connectivity index (χ3v) is 4.15. The lowest BCUT2D eigenvalue weighted by Gasteiger charge is -2.17. The summed E-state index contributed by atoms with van der Waals surface area (Å²) in [6.07, 6.45) is 4.18. The van der Waals surface area contributed by atoms with Crippen LogP contribution in [0.2, 0.25) is 0 Å². The number of Topliss-reactive ketones (excluding diaryl/α,β-unsaturated/α-hetero) is 1. The van der Waals surface area contributed by atoms with E-state index in [9.17, 15) is 19.6 Å². The van der Waals surface area contributed by atoms with E-state index >= 15 is 0 Å². The minimum atomic E-state index is -1.15. The van der Waals surface area contributed by atoms with Gasteiger partial charge in [0.2, 0.25) is 5.78 Å². The predicted octanol–water partition coefficient (Wildman–Crippen LogP) is 0.534. The zero-order chi connectivity index (χ0) is 20.8. The van der Waals surface area contributed by atoms with Crippen LogP contribution in [0.3, 0.4) is 0 Å². The Labute approximate surface area is 165 Å². The van der Waals surface area contributed by atoms with Gasteiger partial charge >= 0.3 is 0 Å². The van der Waals surface area contributed by atoms with Crippen LogP contribution in [0.1, 0.15) is 21.6 Å². The molecule has 0 saturated heterocycles. The van der Waals surface area contributed by atoms with Crippen molar-refractivity contribution in [3.8, 4) is 11.9 Å². The standard InChI is InChI=1S/C20H16N6O3/c21-10-14-7-4-8-24-19(14)26-12-23-11-16(26)20(29)25-15(17(27)18(22)28)9-13-5-2-1-3-6-13/h1-8,11-12,15H,9H2,(H2,22,28)(H,25,29). The molecule has 2 aromatic heterocycles. The highest BCUT2D eigenvalue weighted by atomic mass is 16.2. The van der Waals surface area contributed by atoms with E-state index in [-0.39, 0.29) is 23.5 Å². The lowest BCUT2D eigenvalue weighted by Crippen LogP contribution is -2.47. The summed E-state index contributed by atoms with van der Waals surface area (Å²) in [6.45, 7) is 0. The monoisotopic (exact) mass is 388 g/mol. The molecule has 0 spiro atoms. The fraction of sp³-hybridized carbons (Fsp3) is 0.100. The lowest BCUT2D eigenvalue weighted by atomic mass is 10.0. The molecule has 1 atom stereocenters. The molecule has 2 amide bonds. The number of nitrogens with zero attached hydrogens (tertiary/aromatic N) is 4. The molecular formula is C20H16N6O3. The zero-order valence-corrected chi connectivity index (χ0v) is 15.1. The highest BCUT2D eigenvalue weighted by Crippen LogP contribution is 2.14. The SMILES string of the molecule is N#Cc1cccnc1-n1cncc1C(=O)NC(Cc1ccccc1)C(=O)C(N)=O. The average Bonchev–Trinajstić information content (AvgIpc) is 3.23. The van der Waals surface area contributed by atoms with Crippen LogP contribution in [0.25, 0.3) is 5.82 Å². The number of ketones is 1. The second kappa shape index (κ2) is 8.58. The quantitative estimate of drug-likeness (QED) is 0.565. The van der Waals surface area contributed by atoms with Crippen molar-refractivity contribution in [2.24, 2.45) is 5.73 Å². The second-order valence-corrected chi connectivity index (χ2v) is 6.08. The van der Waals surface area contributed by atoms with Crippen molar-refractivity contribution in [2.45, 2.75) is 12.5 Å². The molecule has 0 bridgehead atoms. The van der Waals surface area contributed by atoms with Crippen LogP contribution in [0, 0.1) is 11.3 Å². The molecule has 144 valence electrons. The van der Waals surface area contributed by atoms with Crippen molar-refractivity contribution in [3.05, 3.63) is 78.0 Å². The maximum Gasteiger partial charge on any atom is 0.287 e. The van der Waals surface area contributed by atoms with Crippen molar-refractivity contribution in [3.63, 3.8) is 0 Å². The maximum absolute atomic E-state index is 12.8. The molecule has 0 aliphatic heterocycles. The molecule has 9 nitrogen and oxygen atoms in total. The van der Waals surface area contributed by atoms with Gasteiger partial charge in [0.05, 0.1) is 11.8 Å². The zero-order valence-electron chi connectivity index (χ0n) is 15.1. The summed E-state index contributed by atoms with van der Waals surface area (Å²) in [6, 6.07) is 12.9. The molecule has 2 heterocycles. The number of carbonyl (C=O) groups is 3. The Hall–Kier alpha value is -4.32. The fourth-order valence-corrected chi connectivity index (χ4v) is 2.77. The predicted molar refractivity (Wildman–Crippen MR) is 102 cm³/mol. The van der Waals surface area contributed by atoms with Gasteiger partial charge in [-0.2, -0.15) is 5.26 Å². The minimum absolute atomic E-state index is 0.0514. The number of imidazole rings is 1. The minimum Gasteiger partial charge on any atom is -0.363 e. The van der Waals surface area contributed by atoms with Crippen LogP contribution in [-0.2, 0) is 16.0 Å². The van der Waals surface area contributed by atoms with E-state index < -0.39 is 23.6 Å². The Kier molecular flexibility index (Phi) is 5.75. The number of rotatable bonds is 7. The molecule has 0 aliphatic rings. The van der Waals surface area contributed by atoms with Gasteiger partial charge < -0.3 is 11.1 Å². The number of hydrogen-bond acceptors (Lipinski definition) is 6. The number of hydrogen-bond donors (Lipinski definition) is 2. The van der Waals surface area contributed by atoms with Crippen LogP contribution in [0.15, 0.2) is 61.2 Å². The number of aromatic nitrogens is 3. The third-order valence-electron chi connectivity index (χ3n) is 4.15. The number of amides is 2. The van der Waals surface area contributed by atoms with Crippen molar-refractivity contribution in [2.75, 3.05) is 0 Å². The van der Waals surface area contributed by atoms with E-state index in [2.05, 4.69) is 15.3 Å².